The molecule has 1 fully saturated rings. The highest BCUT2D eigenvalue weighted by atomic mass is 16.6. The highest BCUT2D eigenvalue weighted by Gasteiger charge is 2.40. The summed E-state index contributed by atoms with van der Waals surface area (Å²) in [4.78, 5) is 23.1. The SMILES string of the molecule is CCC(CC)O[C@@H]1C=C(C(=O)O)C[C@H](CC2CO2)[C@H]1NC(C)=O. The van der Waals surface area contributed by atoms with E-state index in [0.717, 1.165) is 19.3 Å². The van der Waals surface area contributed by atoms with Crippen LogP contribution in [0.2, 0.25) is 0 Å². The number of hydrogen-bond acceptors (Lipinski definition) is 4. The van der Waals surface area contributed by atoms with Gasteiger partial charge in [0.15, 0.2) is 0 Å². The van der Waals surface area contributed by atoms with Gasteiger partial charge in [-0.15, -0.1) is 0 Å². The van der Waals surface area contributed by atoms with Crippen LogP contribution in [-0.2, 0) is 19.1 Å². The Morgan fingerprint density at radius 2 is 2.09 bits per heavy atom. The van der Waals surface area contributed by atoms with Gasteiger partial charge in [-0.3, -0.25) is 4.79 Å². The van der Waals surface area contributed by atoms with E-state index in [4.69, 9.17) is 9.47 Å². The van der Waals surface area contributed by atoms with E-state index in [0.29, 0.717) is 18.6 Å². The van der Waals surface area contributed by atoms with Crippen LogP contribution in [0.3, 0.4) is 0 Å². The second-order valence-electron chi connectivity index (χ2n) is 6.42. The Balaban J connectivity index is 2.22. The van der Waals surface area contributed by atoms with E-state index < -0.39 is 12.1 Å². The molecule has 1 heterocycles. The first-order valence-electron chi connectivity index (χ1n) is 8.42. The molecule has 2 aliphatic rings. The number of carbonyl (C=O) groups excluding carboxylic acids is 1. The number of amides is 1. The molecular weight excluding hydrogens is 298 g/mol. The van der Waals surface area contributed by atoms with Gasteiger partial charge in [-0.05, 0) is 37.7 Å². The van der Waals surface area contributed by atoms with Crippen molar-refractivity contribution in [3.63, 3.8) is 0 Å². The van der Waals surface area contributed by atoms with Gasteiger partial charge in [0, 0.05) is 12.5 Å². The lowest BCUT2D eigenvalue weighted by molar-refractivity contribution is -0.133. The zero-order valence-electron chi connectivity index (χ0n) is 14.1. The molecule has 0 radical (unpaired) electrons. The molecule has 1 unspecified atom stereocenters. The molecule has 6 nitrogen and oxygen atoms in total. The van der Waals surface area contributed by atoms with Crippen LogP contribution >= 0.6 is 0 Å². The molecule has 1 aliphatic heterocycles. The molecule has 6 heteroatoms. The van der Waals surface area contributed by atoms with E-state index >= 15 is 0 Å². The average molecular weight is 325 g/mol. The van der Waals surface area contributed by atoms with Crippen molar-refractivity contribution < 1.29 is 24.2 Å². The van der Waals surface area contributed by atoms with Gasteiger partial charge < -0.3 is 19.9 Å². The lowest BCUT2D eigenvalue weighted by Gasteiger charge is -2.38. The summed E-state index contributed by atoms with van der Waals surface area (Å²) in [5.74, 6) is -1.02. The molecular formula is C17H27NO5. The number of epoxide rings is 1. The summed E-state index contributed by atoms with van der Waals surface area (Å²) in [6.07, 6.45) is 4.38. The standard InChI is InChI=1S/C17H27NO5/c1-4-13(5-2)23-15-8-12(17(20)21)6-11(7-14-9-22-14)16(15)18-10(3)19/h8,11,13-16H,4-7,9H2,1-3H3,(H,18,19)(H,20,21)/t11-,14?,15-,16-/m1/s1. The molecule has 0 bridgehead atoms. The maximum Gasteiger partial charge on any atom is 0.331 e. The van der Waals surface area contributed by atoms with E-state index in [1.807, 2.05) is 13.8 Å². The monoisotopic (exact) mass is 325 g/mol. The summed E-state index contributed by atoms with van der Waals surface area (Å²) in [5, 5.41) is 12.4. The summed E-state index contributed by atoms with van der Waals surface area (Å²) in [7, 11) is 0. The fraction of sp³-hybridized carbons (Fsp3) is 0.765. The van der Waals surface area contributed by atoms with Crippen LogP contribution in [0.15, 0.2) is 11.6 Å². The molecule has 0 saturated carbocycles. The number of carboxylic acid groups (broad SMARTS) is 1. The van der Waals surface area contributed by atoms with Crippen molar-refractivity contribution in [2.24, 2.45) is 5.92 Å². The topological polar surface area (TPSA) is 88.2 Å². The van der Waals surface area contributed by atoms with E-state index in [1.54, 1.807) is 6.08 Å². The maximum atomic E-state index is 11.6. The number of aliphatic carboxylic acids is 1. The van der Waals surface area contributed by atoms with Gasteiger partial charge in [-0.25, -0.2) is 4.79 Å². The zero-order valence-corrected chi connectivity index (χ0v) is 14.1. The Bertz CT molecular complexity index is 468. The number of nitrogens with one attached hydrogen (secondary N) is 1. The molecule has 2 N–H and O–H groups in total. The van der Waals surface area contributed by atoms with Crippen LogP contribution in [-0.4, -0.2) is 47.9 Å². The maximum absolute atomic E-state index is 11.6. The largest absolute Gasteiger partial charge is 0.478 e. The van der Waals surface area contributed by atoms with Gasteiger partial charge in [0.1, 0.15) is 0 Å². The molecule has 0 spiro atoms. The van der Waals surface area contributed by atoms with Crippen molar-refractivity contribution >= 4 is 11.9 Å². The van der Waals surface area contributed by atoms with Crippen LogP contribution in [0.1, 0.15) is 46.5 Å². The minimum absolute atomic E-state index is 0.0156. The summed E-state index contributed by atoms with van der Waals surface area (Å²) in [6, 6.07) is -0.208. The molecule has 0 aromatic carbocycles. The van der Waals surface area contributed by atoms with Crippen LogP contribution in [0, 0.1) is 5.92 Å². The van der Waals surface area contributed by atoms with Crippen LogP contribution < -0.4 is 5.32 Å². The number of carbonyl (C=O) groups is 2. The molecule has 1 saturated heterocycles. The van der Waals surface area contributed by atoms with Gasteiger partial charge in [0.25, 0.3) is 0 Å². The molecule has 23 heavy (non-hydrogen) atoms. The smallest absolute Gasteiger partial charge is 0.331 e. The Hall–Kier alpha value is -1.40. The zero-order chi connectivity index (χ0) is 17.0. The van der Waals surface area contributed by atoms with Gasteiger partial charge in [-0.2, -0.15) is 0 Å². The number of carboxylic acids is 1. The van der Waals surface area contributed by atoms with E-state index in [1.165, 1.54) is 6.92 Å². The van der Waals surface area contributed by atoms with Crippen molar-refractivity contribution in [1.82, 2.24) is 5.32 Å². The second-order valence-corrected chi connectivity index (χ2v) is 6.42. The minimum Gasteiger partial charge on any atom is -0.478 e. The quantitative estimate of drug-likeness (QED) is 0.665. The Labute approximate surface area is 137 Å². The molecule has 2 rings (SSSR count). The number of rotatable bonds is 8. The molecule has 130 valence electrons. The highest BCUT2D eigenvalue weighted by molar-refractivity contribution is 5.87. The van der Waals surface area contributed by atoms with Gasteiger partial charge in [-0.1, -0.05) is 13.8 Å². The van der Waals surface area contributed by atoms with Crippen molar-refractivity contribution in [3.05, 3.63) is 11.6 Å². The summed E-state index contributed by atoms with van der Waals surface area (Å²) in [5.41, 5.74) is 0.369. The van der Waals surface area contributed by atoms with E-state index in [-0.39, 0.29) is 30.1 Å². The lowest BCUT2D eigenvalue weighted by Crippen LogP contribution is -2.51. The van der Waals surface area contributed by atoms with Crippen molar-refractivity contribution in [2.45, 2.75) is 70.8 Å². The fourth-order valence-electron chi connectivity index (χ4n) is 3.24. The third-order valence-corrected chi connectivity index (χ3v) is 4.58. The molecule has 0 aromatic heterocycles. The first-order chi connectivity index (χ1) is 10.9. The van der Waals surface area contributed by atoms with Crippen molar-refractivity contribution in [1.29, 1.82) is 0 Å². The Morgan fingerprint density at radius 1 is 1.43 bits per heavy atom. The molecule has 1 amide bonds. The first-order valence-corrected chi connectivity index (χ1v) is 8.42. The van der Waals surface area contributed by atoms with Crippen molar-refractivity contribution in [2.75, 3.05) is 6.61 Å². The number of hydrogen-bond donors (Lipinski definition) is 2. The van der Waals surface area contributed by atoms with E-state index in [9.17, 15) is 14.7 Å². The van der Waals surface area contributed by atoms with E-state index in [2.05, 4.69) is 5.32 Å². The third-order valence-electron chi connectivity index (χ3n) is 4.58. The molecule has 4 atom stereocenters. The van der Waals surface area contributed by atoms with Crippen LogP contribution in [0.4, 0.5) is 0 Å². The predicted octanol–water partition coefficient (Wildman–Crippen LogP) is 1.88. The predicted molar refractivity (Wildman–Crippen MR) is 85.0 cm³/mol. The highest BCUT2D eigenvalue weighted by Crippen LogP contribution is 2.34. The third kappa shape index (κ3) is 5.04. The summed E-state index contributed by atoms with van der Waals surface area (Å²) in [6.45, 7) is 6.28. The minimum atomic E-state index is -0.911. The first kappa shape index (κ1) is 17.9. The Kier molecular flexibility index (Phi) is 6.18. The second kappa shape index (κ2) is 7.93. The lowest BCUT2D eigenvalue weighted by atomic mass is 9.79. The summed E-state index contributed by atoms with van der Waals surface area (Å²) < 4.78 is 11.4. The number of ether oxygens (including phenoxy) is 2. The van der Waals surface area contributed by atoms with Crippen LogP contribution in [0.5, 0.6) is 0 Å². The molecule has 0 aromatic rings. The van der Waals surface area contributed by atoms with Crippen molar-refractivity contribution in [3.8, 4) is 0 Å². The fourth-order valence-corrected chi connectivity index (χ4v) is 3.24. The Morgan fingerprint density at radius 3 is 2.57 bits per heavy atom. The van der Waals surface area contributed by atoms with Crippen LogP contribution in [0.25, 0.3) is 0 Å². The van der Waals surface area contributed by atoms with Gasteiger partial charge in [0.05, 0.1) is 31.0 Å². The van der Waals surface area contributed by atoms with Gasteiger partial charge >= 0.3 is 5.97 Å². The molecule has 1 aliphatic carbocycles. The summed E-state index contributed by atoms with van der Waals surface area (Å²) >= 11 is 0. The average Bonchev–Trinajstić information content (AvgIpc) is 3.30. The van der Waals surface area contributed by atoms with Gasteiger partial charge in [0.2, 0.25) is 5.91 Å². The normalized spacial score (nSPS) is 30.0.